The second-order valence-electron chi connectivity index (χ2n) is 9.28. The first-order chi connectivity index (χ1) is 16.5. The van der Waals surface area contributed by atoms with Gasteiger partial charge in [0, 0.05) is 37.8 Å². The third-order valence-electron chi connectivity index (χ3n) is 6.44. The lowest BCUT2D eigenvalue weighted by molar-refractivity contribution is 0.311. The summed E-state index contributed by atoms with van der Waals surface area (Å²) in [6.45, 7) is 8.48. The number of aromatic nitrogens is 2. The fourth-order valence-electron chi connectivity index (χ4n) is 4.57. The number of fused-ring (bicyclic) bond motifs is 1. The number of amidine groups is 1. The molecule has 1 aliphatic carbocycles. The molecule has 2 aliphatic heterocycles. The molecule has 178 valence electrons. The molecular formula is C26H31FN6O. The monoisotopic (exact) mass is 462 g/mol. The van der Waals surface area contributed by atoms with Crippen LogP contribution in [-0.4, -0.2) is 60.5 Å². The molecule has 0 radical (unpaired) electrons. The number of halogens is 1. The Labute approximate surface area is 200 Å². The van der Waals surface area contributed by atoms with Crippen molar-refractivity contribution in [3.63, 3.8) is 0 Å². The quantitative estimate of drug-likeness (QED) is 0.673. The number of nitrogens with zero attached hydrogens (tertiary/aromatic N) is 5. The lowest BCUT2D eigenvalue weighted by Crippen LogP contribution is -2.44. The molecule has 3 aliphatic rings. The zero-order chi connectivity index (χ0) is 23.7. The number of hydrogen-bond acceptors (Lipinski definition) is 7. The van der Waals surface area contributed by atoms with Crippen LogP contribution >= 0.6 is 0 Å². The summed E-state index contributed by atoms with van der Waals surface area (Å²) < 4.78 is 21.1. The van der Waals surface area contributed by atoms with Crippen molar-refractivity contribution in [1.29, 1.82) is 0 Å². The van der Waals surface area contributed by atoms with E-state index in [2.05, 4.69) is 50.1 Å². The predicted octanol–water partition coefficient (Wildman–Crippen LogP) is 4.67. The Morgan fingerprint density at radius 1 is 1.12 bits per heavy atom. The second-order valence-corrected chi connectivity index (χ2v) is 9.28. The van der Waals surface area contributed by atoms with Gasteiger partial charge in [-0.3, -0.25) is 4.99 Å². The summed E-state index contributed by atoms with van der Waals surface area (Å²) in [5.41, 5.74) is 4.01. The van der Waals surface area contributed by atoms with Gasteiger partial charge in [0.05, 0.1) is 6.54 Å². The molecule has 1 saturated heterocycles. The molecule has 1 aromatic carbocycles. The topological polar surface area (TPSA) is 65.9 Å². The Hall–Kier alpha value is -3.26. The van der Waals surface area contributed by atoms with Crippen LogP contribution in [-0.2, 0) is 6.42 Å². The minimum Gasteiger partial charge on any atom is -0.421 e. The molecule has 0 bridgehead atoms. The molecule has 8 heteroatoms. The van der Waals surface area contributed by atoms with Crippen LogP contribution < -0.4 is 15.0 Å². The summed E-state index contributed by atoms with van der Waals surface area (Å²) in [6.07, 6.45) is 6.85. The smallest absolute Gasteiger partial charge is 0.326 e. The van der Waals surface area contributed by atoms with E-state index in [9.17, 15) is 0 Å². The fourth-order valence-corrected chi connectivity index (χ4v) is 4.57. The summed E-state index contributed by atoms with van der Waals surface area (Å²) in [7, 11) is 2.12. The first-order valence-electron chi connectivity index (χ1n) is 12.0. The highest BCUT2D eigenvalue weighted by molar-refractivity contribution is 6.05. The molecule has 0 spiro atoms. The fraction of sp³-hybridized carbons (Fsp3) is 0.423. The first kappa shape index (κ1) is 22.5. The highest BCUT2D eigenvalue weighted by Gasteiger charge is 2.21. The van der Waals surface area contributed by atoms with Crippen LogP contribution in [0.15, 0.2) is 40.4 Å². The number of rotatable bonds is 6. The van der Waals surface area contributed by atoms with Crippen LogP contribution in [0.3, 0.4) is 0 Å². The van der Waals surface area contributed by atoms with Crippen LogP contribution in [0.2, 0.25) is 0 Å². The largest absolute Gasteiger partial charge is 0.421 e. The summed E-state index contributed by atoms with van der Waals surface area (Å²) in [4.78, 5) is 18.3. The van der Waals surface area contributed by atoms with Crippen molar-refractivity contribution in [3.8, 4) is 11.8 Å². The van der Waals surface area contributed by atoms with Gasteiger partial charge in [-0.1, -0.05) is 31.1 Å². The van der Waals surface area contributed by atoms with Crippen LogP contribution in [0.5, 0.6) is 11.8 Å². The molecule has 5 rings (SSSR count). The van der Waals surface area contributed by atoms with E-state index in [1.54, 1.807) is 6.07 Å². The summed E-state index contributed by atoms with van der Waals surface area (Å²) in [5.74, 6) is 1.89. The molecule has 0 atom stereocenters. The van der Waals surface area contributed by atoms with Crippen molar-refractivity contribution >= 4 is 23.5 Å². The Kier molecular flexibility index (Phi) is 6.32. The summed E-state index contributed by atoms with van der Waals surface area (Å²) >= 11 is 0. The number of hydrogen-bond donors (Lipinski definition) is 1. The number of anilines is 2. The maximum Gasteiger partial charge on any atom is 0.326 e. The number of nitrogens with one attached hydrogen (secondary N) is 1. The molecule has 34 heavy (non-hydrogen) atoms. The van der Waals surface area contributed by atoms with Crippen LogP contribution in [0.1, 0.15) is 37.8 Å². The molecule has 0 unspecified atom stereocenters. The van der Waals surface area contributed by atoms with Crippen molar-refractivity contribution < 1.29 is 9.13 Å². The third kappa shape index (κ3) is 4.82. The van der Waals surface area contributed by atoms with E-state index in [1.807, 2.05) is 25.1 Å². The maximum atomic E-state index is 15.2. The number of ether oxygens (including phenoxy) is 1. The number of likely N-dealkylation sites (N-methyl/N-ethyl adjacent to an activating group) is 1. The van der Waals surface area contributed by atoms with Gasteiger partial charge in [-0.2, -0.15) is 9.97 Å². The van der Waals surface area contributed by atoms with Crippen molar-refractivity contribution in [3.05, 3.63) is 52.4 Å². The SMILES string of the molecule is CCCC1=CC(Nc2cc(N3CCN(C)CC3)nc(Oc3ccc4c(c3F)C=C(C)C4)n2)=NC1. The first-order valence-corrected chi connectivity index (χ1v) is 12.0. The van der Waals surface area contributed by atoms with Crippen molar-refractivity contribution in [2.45, 2.75) is 33.1 Å². The van der Waals surface area contributed by atoms with Crippen molar-refractivity contribution in [2.24, 2.45) is 4.99 Å². The zero-order valence-corrected chi connectivity index (χ0v) is 20.1. The van der Waals surface area contributed by atoms with E-state index in [1.165, 1.54) is 5.57 Å². The van der Waals surface area contributed by atoms with Gasteiger partial charge in [0.1, 0.15) is 17.5 Å². The molecule has 2 aromatic rings. The van der Waals surface area contributed by atoms with E-state index in [0.717, 1.165) is 68.2 Å². The standard InChI is InChI=1S/C26H31FN6O/c1-4-5-18-14-22(28-16-18)29-23-15-24(33-10-8-32(3)9-11-33)31-26(30-23)34-21-7-6-19-12-17(2)13-20(19)25(21)27/h6-7,13-15H,4-5,8-12,16H2,1-3H3,(H,28,29,30,31). The number of allylic oxidation sites excluding steroid dienone is 1. The highest BCUT2D eigenvalue weighted by Crippen LogP contribution is 2.34. The predicted molar refractivity (Wildman–Crippen MR) is 134 cm³/mol. The van der Waals surface area contributed by atoms with Gasteiger partial charge in [-0.15, -0.1) is 0 Å². The average Bonchev–Trinajstić information content (AvgIpc) is 3.42. The van der Waals surface area contributed by atoms with Crippen LogP contribution in [0.25, 0.3) is 6.08 Å². The van der Waals surface area contributed by atoms with E-state index < -0.39 is 0 Å². The Balaban J connectivity index is 1.44. The molecule has 3 heterocycles. The lowest BCUT2D eigenvalue weighted by atomic mass is 10.1. The molecule has 0 saturated carbocycles. The number of aliphatic imine (C=N–C) groups is 1. The molecule has 1 aromatic heterocycles. The van der Waals surface area contributed by atoms with Gasteiger partial charge < -0.3 is 19.9 Å². The highest BCUT2D eigenvalue weighted by atomic mass is 19.1. The normalized spacial score (nSPS) is 17.9. The lowest BCUT2D eigenvalue weighted by Gasteiger charge is -2.33. The second kappa shape index (κ2) is 9.54. The van der Waals surface area contributed by atoms with Gasteiger partial charge in [-0.05, 0) is 50.1 Å². The Bertz CT molecular complexity index is 1180. The zero-order valence-electron chi connectivity index (χ0n) is 20.1. The van der Waals surface area contributed by atoms with Gasteiger partial charge in [0.25, 0.3) is 0 Å². The molecule has 1 N–H and O–H groups in total. The summed E-state index contributed by atoms with van der Waals surface area (Å²) in [5, 5.41) is 3.31. The van der Waals surface area contributed by atoms with E-state index >= 15 is 4.39 Å². The van der Waals surface area contributed by atoms with Crippen molar-refractivity contribution in [2.75, 3.05) is 50.0 Å². The average molecular weight is 463 g/mol. The number of piperazine rings is 1. The van der Waals surface area contributed by atoms with Gasteiger partial charge in [0.15, 0.2) is 11.6 Å². The molecular weight excluding hydrogens is 431 g/mol. The van der Waals surface area contributed by atoms with Crippen LogP contribution in [0, 0.1) is 5.82 Å². The van der Waals surface area contributed by atoms with E-state index in [-0.39, 0.29) is 17.6 Å². The van der Waals surface area contributed by atoms with E-state index in [0.29, 0.717) is 17.9 Å². The number of benzene rings is 1. The third-order valence-corrected chi connectivity index (χ3v) is 6.44. The van der Waals surface area contributed by atoms with Gasteiger partial charge in [0.2, 0.25) is 0 Å². The molecule has 0 amide bonds. The van der Waals surface area contributed by atoms with E-state index in [4.69, 9.17) is 4.74 Å². The maximum absolute atomic E-state index is 15.2. The summed E-state index contributed by atoms with van der Waals surface area (Å²) in [6, 6.07) is 5.61. The van der Waals surface area contributed by atoms with Crippen molar-refractivity contribution in [1.82, 2.24) is 14.9 Å². The molecule has 7 nitrogen and oxygen atoms in total. The van der Waals surface area contributed by atoms with Gasteiger partial charge in [-0.25, -0.2) is 4.39 Å². The minimum absolute atomic E-state index is 0.118. The Morgan fingerprint density at radius 2 is 1.94 bits per heavy atom. The minimum atomic E-state index is -0.371. The molecule has 1 fully saturated rings. The van der Waals surface area contributed by atoms with Gasteiger partial charge >= 0.3 is 6.01 Å². The Morgan fingerprint density at radius 3 is 2.74 bits per heavy atom. The van der Waals surface area contributed by atoms with Crippen LogP contribution in [0.4, 0.5) is 16.0 Å².